The number of nitrogens with one attached hydrogen (secondary N) is 2. The lowest BCUT2D eigenvalue weighted by Gasteiger charge is -2.24. The zero-order valence-electron chi connectivity index (χ0n) is 18.9. The van der Waals surface area contributed by atoms with E-state index in [-0.39, 0.29) is 35.2 Å². The average Bonchev–Trinajstić information content (AvgIpc) is 3.45. The van der Waals surface area contributed by atoms with E-state index < -0.39 is 69.0 Å². The second-order valence-electron chi connectivity index (χ2n) is 8.19. The number of nitrogens with zero attached hydrogens (tertiary/aromatic N) is 3. The summed E-state index contributed by atoms with van der Waals surface area (Å²) in [6, 6.07) is 3.56. The van der Waals surface area contributed by atoms with Gasteiger partial charge in [-0.15, -0.1) is 0 Å². The summed E-state index contributed by atoms with van der Waals surface area (Å²) in [5.41, 5.74) is -2.69. The number of rotatable bonds is 5. The molecule has 0 radical (unpaired) electrons. The molecule has 37 heavy (non-hydrogen) atoms. The van der Waals surface area contributed by atoms with E-state index in [1.54, 1.807) is 0 Å². The molecule has 4 N–H and O–H groups in total. The van der Waals surface area contributed by atoms with Crippen LogP contribution in [0, 0.1) is 23.3 Å². The highest BCUT2D eigenvalue weighted by Crippen LogP contribution is 2.43. The highest BCUT2D eigenvalue weighted by atomic mass is 32.2. The maximum absolute atomic E-state index is 15.8. The molecular weight excluding hydrogens is 518 g/mol. The molecule has 2 atom stereocenters. The molecule has 2 unspecified atom stereocenters. The molecule has 2 heterocycles. The van der Waals surface area contributed by atoms with E-state index in [0.717, 1.165) is 30.5 Å². The number of hydrogen-bond donors (Lipinski definition) is 4. The second kappa shape index (κ2) is 9.21. The van der Waals surface area contributed by atoms with Crippen LogP contribution in [0.3, 0.4) is 0 Å². The predicted octanol–water partition coefficient (Wildman–Crippen LogP) is 3.80. The largest absolute Gasteiger partial charge is 0.388 e. The molecular formula is C23H17F4N5O4S. The fraction of sp³-hybridized carbons (Fsp3) is 0.174. The molecule has 5 rings (SSSR count). The molecule has 0 spiro atoms. The molecule has 0 saturated carbocycles. The van der Waals surface area contributed by atoms with Gasteiger partial charge in [-0.2, -0.15) is 5.10 Å². The molecule has 14 heteroatoms. The number of carbonyl (C=O) groups is 1. The second-order valence-corrected chi connectivity index (χ2v) is 9.02. The summed E-state index contributed by atoms with van der Waals surface area (Å²) < 4.78 is 83.4. The van der Waals surface area contributed by atoms with E-state index in [2.05, 4.69) is 20.5 Å². The van der Waals surface area contributed by atoms with Crippen molar-refractivity contribution in [2.45, 2.75) is 18.9 Å². The number of aromatic amines is 1. The maximum atomic E-state index is 15.8. The third-order valence-corrected chi connectivity index (χ3v) is 6.86. The standard InChI is InChI=1S/C23H17F4N5O4S/c1-28-23(34)21-12-8-29-22(19(27)20(12)30-31-21)17-13(25)3-4-14(18(17)26)32(37(35)36)15-7-9(24)6-11-10(15)2-5-16(11)33/h3-4,6-8,16,33H,2,5H2,1H3,(H,28,34)(H,30,31)(H,35,36). The number of H-pyrrole nitrogens is 1. The lowest BCUT2D eigenvalue weighted by Crippen LogP contribution is -2.22. The first-order valence-electron chi connectivity index (χ1n) is 10.8. The molecule has 2 aromatic carbocycles. The van der Waals surface area contributed by atoms with Crippen LogP contribution in [0.25, 0.3) is 22.2 Å². The minimum Gasteiger partial charge on any atom is -0.388 e. The topological polar surface area (TPSA) is 131 Å². The van der Waals surface area contributed by atoms with Gasteiger partial charge in [0.2, 0.25) is 0 Å². The molecule has 0 aliphatic heterocycles. The lowest BCUT2D eigenvalue weighted by atomic mass is 10.0. The number of pyridine rings is 1. The summed E-state index contributed by atoms with van der Waals surface area (Å²) >= 11 is -2.98. The van der Waals surface area contributed by atoms with Gasteiger partial charge in [-0.3, -0.25) is 19.4 Å². The number of benzene rings is 2. The number of carbonyl (C=O) groups excluding carboxylic acids is 1. The highest BCUT2D eigenvalue weighted by molar-refractivity contribution is 7.81. The number of halogens is 4. The van der Waals surface area contributed by atoms with Crippen molar-refractivity contribution in [2.75, 3.05) is 11.4 Å². The van der Waals surface area contributed by atoms with Crippen LogP contribution in [0.2, 0.25) is 0 Å². The molecule has 1 amide bonds. The zero-order valence-corrected chi connectivity index (χ0v) is 19.7. The van der Waals surface area contributed by atoms with Crippen LogP contribution in [0.5, 0.6) is 0 Å². The Morgan fingerprint density at radius 1 is 1.19 bits per heavy atom. The van der Waals surface area contributed by atoms with Crippen molar-refractivity contribution in [3.8, 4) is 11.3 Å². The quantitative estimate of drug-likeness (QED) is 0.227. The Kier molecular flexibility index (Phi) is 6.17. The van der Waals surface area contributed by atoms with Crippen molar-refractivity contribution in [2.24, 2.45) is 0 Å². The summed E-state index contributed by atoms with van der Waals surface area (Å²) in [6.45, 7) is 0. The first-order valence-corrected chi connectivity index (χ1v) is 11.8. The van der Waals surface area contributed by atoms with E-state index in [0.29, 0.717) is 9.87 Å². The first kappa shape index (κ1) is 24.8. The van der Waals surface area contributed by atoms with Crippen molar-refractivity contribution in [1.29, 1.82) is 0 Å². The number of anilines is 2. The van der Waals surface area contributed by atoms with E-state index in [4.69, 9.17) is 0 Å². The Morgan fingerprint density at radius 2 is 1.95 bits per heavy atom. The van der Waals surface area contributed by atoms with Gasteiger partial charge in [0.05, 0.1) is 28.4 Å². The van der Waals surface area contributed by atoms with Gasteiger partial charge in [-0.05, 0) is 48.2 Å². The minimum atomic E-state index is -2.98. The zero-order chi connectivity index (χ0) is 26.6. The Morgan fingerprint density at radius 3 is 2.65 bits per heavy atom. The number of aromatic nitrogens is 3. The summed E-state index contributed by atoms with van der Waals surface area (Å²) in [6.07, 6.45) is 0.405. The summed E-state index contributed by atoms with van der Waals surface area (Å²) in [5, 5.41) is 18.5. The molecule has 9 nitrogen and oxygen atoms in total. The van der Waals surface area contributed by atoms with Crippen molar-refractivity contribution in [3.05, 3.63) is 70.6 Å². The number of aliphatic hydroxyl groups is 1. The minimum absolute atomic E-state index is 0.0375. The first-order chi connectivity index (χ1) is 17.6. The van der Waals surface area contributed by atoms with Crippen molar-refractivity contribution in [1.82, 2.24) is 20.5 Å². The van der Waals surface area contributed by atoms with Gasteiger partial charge in [0.1, 0.15) is 28.5 Å². The van der Waals surface area contributed by atoms with E-state index in [9.17, 15) is 27.4 Å². The average molecular weight is 535 g/mol. The van der Waals surface area contributed by atoms with Crippen LogP contribution in [0.4, 0.5) is 28.9 Å². The van der Waals surface area contributed by atoms with E-state index in [1.165, 1.54) is 7.05 Å². The molecule has 0 fully saturated rings. The van der Waals surface area contributed by atoms with Gasteiger partial charge in [0.15, 0.2) is 11.6 Å². The monoisotopic (exact) mass is 535 g/mol. The summed E-state index contributed by atoms with van der Waals surface area (Å²) in [4.78, 5) is 15.8. The van der Waals surface area contributed by atoms with Gasteiger partial charge < -0.3 is 10.4 Å². The third-order valence-electron chi connectivity index (χ3n) is 6.15. The van der Waals surface area contributed by atoms with E-state index >= 15 is 8.78 Å². The Labute approximate surface area is 208 Å². The van der Waals surface area contributed by atoms with Crippen LogP contribution >= 0.6 is 0 Å². The number of amides is 1. The van der Waals surface area contributed by atoms with Crippen LogP contribution in [-0.4, -0.2) is 42.0 Å². The molecule has 192 valence electrons. The number of hydrogen-bond acceptors (Lipinski definition) is 5. The maximum Gasteiger partial charge on any atom is 0.269 e. The van der Waals surface area contributed by atoms with Crippen molar-refractivity contribution >= 4 is 39.5 Å². The fourth-order valence-electron chi connectivity index (χ4n) is 4.46. The SMILES string of the molecule is CNC(=O)c1[nH]nc2c(F)c(-c3c(F)ccc(N(c4cc(F)cc5c4CCC5O)S(=O)O)c3F)ncc12. The van der Waals surface area contributed by atoms with Crippen molar-refractivity contribution in [3.63, 3.8) is 0 Å². The van der Waals surface area contributed by atoms with Crippen LogP contribution in [0.1, 0.15) is 34.1 Å². The Hall–Kier alpha value is -3.88. The Bertz CT molecular complexity index is 1610. The summed E-state index contributed by atoms with van der Waals surface area (Å²) in [7, 11) is 1.34. The Balaban J connectivity index is 1.71. The molecule has 2 aromatic heterocycles. The number of fused-ring (bicyclic) bond motifs is 2. The van der Waals surface area contributed by atoms with Gasteiger partial charge in [0, 0.05) is 13.2 Å². The molecule has 1 aliphatic carbocycles. The molecule has 1 aliphatic rings. The summed E-state index contributed by atoms with van der Waals surface area (Å²) in [5.74, 6) is -5.41. The smallest absolute Gasteiger partial charge is 0.269 e. The normalized spacial score (nSPS) is 15.6. The van der Waals surface area contributed by atoms with Crippen LogP contribution in [0.15, 0.2) is 30.5 Å². The fourth-order valence-corrected chi connectivity index (χ4v) is 5.10. The highest BCUT2D eigenvalue weighted by Gasteiger charge is 2.32. The van der Waals surface area contributed by atoms with Crippen LogP contribution < -0.4 is 9.62 Å². The van der Waals surface area contributed by atoms with Gasteiger partial charge >= 0.3 is 0 Å². The van der Waals surface area contributed by atoms with Gasteiger partial charge in [-0.25, -0.2) is 26.1 Å². The predicted molar refractivity (Wildman–Crippen MR) is 125 cm³/mol. The molecule has 0 saturated heterocycles. The molecule has 4 aromatic rings. The number of aliphatic hydroxyl groups excluding tert-OH is 1. The van der Waals surface area contributed by atoms with Gasteiger partial charge in [-0.1, -0.05) is 0 Å². The lowest BCUT2D eigenvalue weighted by molar-refractivity contribution is 0.0959. The van der Waals surface area contributed by atoms with Gasteiger partial charge in [0.25, 0.3) is 17.2 Å². The van der Waals surface area contributed by atoms with E-state index in [1.807, 2.05) is 0 Å². The molecule has 0 bridgehead atoms. The third kappa shape index (κ3) is 3.93. The van der Waals surface area contributed by atoms with Crippen LogP contribution in [-0.2, 0) is 17.7 Å². The van der Waals surface area contributed by atoms with Crippen molar-refractivity contribution < 1.29 is 36.2 Å².